The lowest BCUT2D eigenvalue weighted by Gasteiger charge is -2.20. The van der Waals surface area contributed by atoms with Crippen LogP contribution in [0.1, 0.15) is 26.2 Å². The SMILES string of the molecule is CCCNC(CCN1CCC(COC)C1)C(=O)OC. The number of esters is 1. The average Bonchev–Trinajstić information content (AvgIpc) is 2.86. The second kappa shape index (κ2) is 9.28. The second-order valence-corrected chi connectivity index (χ2v) is 5.23. The van der Waals surface area contributed by atoms with Gasteiger partial charge in [-0.05, 0) is 38.3 Å². The first-order valence-electron chi connectivity index (χ1n) is 7.23. The fourth-order valence-electron chi connectivity index (χ4n) is 2.56. The maximum Gasteiger partial charge on any atom is 0.322 e. The van der Waals surface area contributed by atoms with Crippen LogP contribution in [0.15, 0.2) is 0 Å². The minimum absolute atomic E-state index is 0.152. The minimum atomic E-state index is -0.175. The number of carbonyl (C=O) groups excluding carboxylic acids is 1. The Morgan fingerprint density at radius 3 is 2.89 bits per heavy atom. The molecule has 0 aliphatic carbocycles. The van der Waals surface area contributed by atoms with Crippen molar-refractivity contribution in [3.8, 4) is 0 Å². The van der Waals surface area contributed by atoms with E-state index in [1.54, 1.807) is 7.11 Å². The van der Waals surface area contributed by atoms with Gasteiger partial charge in [-0.1, -0.05) is 6.92 Å². The molecule has 1 N–H and O–H groups in total. The summed E-state index contributed by atoms with van der Waals surface area (Å²) in [5, 5.41) is 3.25. The lowest BCUT2D eigenvalue weighted by atomic mass is 10.1. The lowest BCUT2D eigenvalue weighted by Crippen LogP contribution is -2.40. The van der Waals surface area contributed by atoms with Gasteiger partial charge in [0.25, 0.3) is 0 Å². The monoisotopic (exact) mass is 272 g/mol. The molecule has 1 saturated heterocycles. The molecule has 0 radical (unpaired) electrons. The number of hydrogen-bond donors (Lipinski definition) is 1. The normalized spacial score (nSPS) is 21.5. The molecular formula is C14H28N2O3. The van der Waals surface area contributed by atoms with Crippen LogP contribution in [-0.2, 0) is 14.3 Å². The molecule has 0 aromatic rings. The average molecular weight is 272 g/mol. The highest BCUT2D eigenvalue weighted by molar-refractivity contribution is 5.75. The quantitative estimate of drug-likeness (QED) is 0.632. The summed E-state index contributed by atoms with van der Waals surface area (Å²) in [5.41, 5.74) is 0. The molecule has 5 nitrogen and oxygen atoms in total. The van der Waals surface area contributed by atoms with Crippen molar-refractivity contribution in [3.05, 3.63) is 0 Å². The Kier molecular flexibility index (Phi) is 8.02. The van der Waals surface area contributed by atoms with Crippen molar-refractivity contribution < 1.29 is 14.3 Å². The van der Waals surface area contributed by atoms with Gasteiger partial charge in [0.15, 0.2) is 0 Å². The number of rotatable bonds is 9. The minimum Gasteiger partial charge on any atom is -0.468 e. The van der Waals surface area contributed by atoms with Crippen LogP contribution in [0.4, 0.5) is 0 Å². The highest BCUT2D eigenvalue weighted by Gasteiger charge is 2.24. The molecular weight excluding hydrogens is 244 g/mol. The summed E-state index contributed by atoms with van der Waals surface area (Å²) in [6.07, 6.45) is 3.03. The zero-order valence-electron chi connectivity index (χ0n) is 12.5. The smallest absolute Gasteiger partial charge is 0.322 e. The molecule has 19 heavy (non-hydrogen) atoms. The highest BCUT2D eigenvalue weighted by Crippen LogP contribution is 2.16. The largest absolute Gasteiger partial charge is 0.468 e. The molecule has 5 heteroatoms. The molecule has 1 rings (SSSR count). The number of likely N-dealkylation sites (tertiary alicyclic amines) is 1. The number of nitrogens with zero attached hydrogens (tertiary/aromatic N) is 1. The second-order valence-electron chi connectivity index (χ2n) is 5.23. The van der Waals surface area contributed by atoms with E-state index in [1.165, 1.54) is 13.5 Å². The van der Waals surface area contributed by atoms with Gasteiger partial charge < -0.3 is 19.7 Å². The molecule has 0 spiro atoms. The first-order chi connectivity index (χ1) is 9.21. The van der Waals surface area contributed by atoms with Gasteiger partial charge in [0.2, 0.25) is 0 Å². The molecule has 0 saturated carbocycles. The Bertz CT molecular complexity index is 261. The molecule has 1 fully saturated rings. The van der Waals surface area contributed by atoms with Gasteiger partial charge in [0, 0.05) is 20.2 Å². The summed E-state index contributed by atoms with van der Waals surface area (Å²) < 4.78 is 10.0. The zero-order valence-corrected chi connectivity index (χ0v) is 12.5. The van der Waals surface area contributed by atoms with Gasteiger partial charge in [-0.3, -0.25) is 4.79 Å². The van der Waals surface area contributed by atoms with Crippen molar-refractivity contribution in [3.63, 3.8) is 0 Å². The summed E-state index contributed by atoms with van der Waals surface area (Å²) in [6, 6.07) is -0.175. The Hall–Kier alpha value is -0.650. The topological polar surface area (TPSA) is 50.8 Å². The Morgan fingerprint density at radius 1 is 1.47 bits per heavy atom. The summed E-state index contributed by atoms with van der Waals surface area (Å²) in [7, 11) is 3.21. The van der Waals surface area contributed by atoms with Gasteiger partial charge in [0.1, 0.15) is 6.04 Å². The van der Waals surface area contributed by atoms with E-state index in [1.807, 2.05) is 0 Å². The van der Waals surface area contributed by atoms with Gasteiger partial charge in [-0.15, -0.1) is 0 Å². The number of methoxy groups -OCH3 is 2. The summed E-state index contributed by atoms with van der Waals surface area (Å²) in [6.45, 7) is 6.91. The van der Waals surface area contributed by atoms with Gasteiger partial charge >= 0.3 is 5.97 Å². The van der Waals surface area contributed by atoms with Crippen LogP contribution in [0.2, 0.25) is 0 Å². The van der Waals surface area contributed by atoms with Crippen molar-refractivity contribution >= 4 is 5.97 Å². The van der Waals surface area contributed by atoms with E-state index < -0.39 is 0 Å². The van der Waals surface area contributed by atoms with E-state index in [4.69, 9.17) is 9.47 Å². The van der Waals surface area contributed by atoms with E-state index in [-0.39, 0.29) is 12.0 Å². The van der Waals surface area contributed by atoms with E-state index in [9.17, 15) is 4.79 Å². The van der Waals surface area contributed by atoms with Crippen LogP contribution in [0, 0.1) is 5.92 Å². The van der Waals surface area contributed by atoms with E-state index in [2.05, 4.69) is 17.1 Å². The zero-order chi connectivity index (χ0) is 14.1. The first kappa shape index (κ1) is 16.4. The molecule has 0 aromatic heterocycles. The Morgan fingerprint density at radius 2 is 2.26 bits per heavy atom. The van der Waals surface area contributed by atoms with Crippen molar-refractivity contribution in [2.75, 3.05) is 47.0 Å². The van der Waals surface area contributed by atoms with Crippen LogP contribution in [-0.4, -0.2) is 63.9 Å². The standard InChI is InChI=1S/C14H28N2O3/c1-4-7-15-13(14(17)19-3)6-9-16-8-5-12(10-16)11-18-2/h12-13,15H,4-11H2,1-3H3. The number of nitrogens with one attached hydrogen (secondary N) is 1. The van der Waals surface area contributed by atoms with E-state index in [0.717, 1.165) is 45.6 Å². The molecule has 0 bridgehead atoms. The number of hydrogen-bond acceptors (Lipinski definition) is 5. The van der Waals surface area contributed by atoms with Crippen LogP contribution in [0.5, 0.6) is 0 Å². The fraction of sp³-hybridized carbons (Fsp3) is 0.929. The van der Waals surface area contributed by atoms with Gasteiger partial charge in [-0.2, -0.15) is 0 Å². The van der Waals surface area contributed by atoms with Gasteiger partial charge in [0.05, 0.1) is 13.7 Å². The predicted molar refractivity (Wildman–Crippen MR) is 75.1 cm³/mol. The van der Waals surface area contributed by atoms with Gasteiger partial charge in [-0.25, -0.2) is 0 Å². The third kappa shape index (κ3) is 5.89. The molecule has 0 aromatic carbocycles. The Balaban J connectivity index is 2.29. The third-order valence-corrected chi connectivity index (χ3v) is 3.63. The van der Waals surface area contributed by atoms with E-state index in [0.29, 0.717) is 5.92 Å². The van der Waals surface area contributed by atoms with Crippen molar-refractivity contribution in [2.24, 2.45) is 5.92 Å². The molecule has 1 heterocycles. The summed E-state index contributed by atoms with van der Waals surface area (Å²) in [5.74, 6) is 0.492. The van der Waals surface area contributed by atoms with Crippen LogP contribution < -0.4 is 5.32 Å². The molecule has 2 atom stereocenters. The van der Waals surface area contributed by atoms with Crippen molar-refractivity contribution in [1.82, 2.24) is 10.2 Å². The first-order valence-corrected chi connectivity index (χ1v) is 7.23. The maximum absolute atomic E-state index is 11.7. The molecule has 112 valence electrons. The highest BCUT2D eigenvalue weighted by atomic mass is 16.5. The molecule has 0 amide bonds. The summed E-state index contributed by atoms with van der Waals surface area (Å²) >= 11 is 0. The van der Waals surface area contributed by atoms with Crippen LogP contribution in [0.25, 0.3) is 0 Å². The maximum atomic E-state index is 11.7. The third-order valence-electron chi connectivity index (χ3n) is 3.63. The van der Waals surface area contributed by atoms with Crippen molar-refractivity contribution in [1.29, 1.82) is 0 Å². The number of ether oxygens (including phenoxy) is 2. The molecule has 1 aliphatic heterocycles. The Labute approximate surface area is 116 Å². The molecule has 1 aliphatic rings. The van der Waals surface area contributed by atoms with Crippen LogP contribution in [0.3, 0.4) is 0 Å². The predicted octanol–water partition coefficient (Wildman–Crippen LogP) is 0.886. The van der Waals surface area contributed by atoms with Crippen molar-refractivity contribution in [2.45, 2.75) is 32.2 Å². The molecule has 2 unspecified atom stereocenters. The fourth-order valence-corrected chi connectivity index (χ4v) is 2.56. The number of carbonyl (C=O) groups is 1. The summed E-state index contributed by atoms with van der Waals surface area (Å²) in [4.78, 5) is 14.1. The van der Waals surface area contributed by atoms with Crippen LogP contribution >= 0.6 is 0 Å². The lowest BCUT2D eigenvalue weighted by molar-refractivity contribution is -0.143. The van der Waals surface area contributed by atoms with E-state index >= 15 is 0 Å².